The van der Waals surface area contributed by atoms with Crippen molar-refractivity contribution in [3.05, 3.63) is 30.3 Å². The molecular weight excluding hydrogens is 504 g/mol. The molecule has 1 aliphatic heterocycles. The lowest BCUT2D eigenvalue weighted by atomic mass is 9.99. The lowest BCUT2D eigenvalue weighted by molar-refractivity contribution is -0.277. The molecule has 0 bridgehead atoms. The second-order valence-corrected chi connectivity index (χ2v) is 7.66. The number of benzene rings is 2. The van der Waals surface area contributed by atoms with Crippen molar-refractivity contribution in [2.75, 3.05) is 20.7 Å². The zero-order valence-electron chi connectivity index (χ0n) is 24.0. The Labute approximate surface area is 218 Å². The number of hydrogen-bond acceptors (Lipinski definition) is 11. The third kappa shape index (κ3) is 4.87. The monoisotopic (exact) mass is 534 g/mol. The molecule has 3 aromatic rings. The number of fused-ring (bicyclic) bond motifs is 1. The van der Waals surface area contributed by atoms with Crippen LogP contribution in [0, 0.1) is 0 Å². The van der Waals surface area contributed by atoms with Crippen LogP contribution in [0.2, 0.25) is 0 Å². The first-order valence-electron chi connectivity index (χ1n) is 13.0. The minimum atomic E-state index is -3.11. The normalized spacial score (nSPS) is 26.8. The van der Waals surface area contributed by atoms with E-state index in [4.69, 9.17) is 31.6 Å². The van der Waals surface area contributed by atoms with E-state index in [1.54, 1.807) is 0 Å². The Bertz CT molecular complexity index is 1400. The number of aromatic hydroxyl groups is 3. The molecule has 2 heterocycles. The van der Waals surface area contributed by atoms with Gasteiger partial charge in [0, 0.05) is 24.3 Å². The van der Waals surface area contributed by atoms with Crippen molar-refractivity contribution in [2.24, 2.45) is 0 Å². The number of rotatable bonds is 6. The molecule has 1 fully saturated rings. The van der Waals surface area contributed by atoms with Gasteiger partial charge in [0.05, 0.1) is 40.5 Å². The van der Waals surface area contributed by atoms with Crippen LogP contribution in [0.3, 0.4) is 0 Å². The second-order valence-electron chi connectivity index (χ2n) is 7.66. The maximum Gasteiger partial charge on any atom is 0.402 e. The predicted molar refractivity (Wildman–Crippen MR) is 119 cm³/mol. The van der Waals surface area contributed by atoms with Gasteiger partial charge in [-0.2, -0.15) is 0 Å². The maximum absolute atomic E-state index is 10.5. The third-order valence-corrected chi connectivity index (χ3v) is 5.43. The predicted octanol–water partition coefficient (Wildman–Crippen LogP) is -2.30. The summed E-state index contributed by atoms with van der Waals surface area (Å²) in [6, 6.07) is 5.07. The van der Waals surface area contributed by atoms with Crippen LogP contribution in [0.25, 0.3) is 22.3 Å². The van der Waals surface area contributed by atoms with Gasteiger partial charge >= 0.3 is 11.3 Å². The lowest BCUT2D eigenvalue weighted by Gasteiger charge is -2.39. The van der Waals surface area contributed by atoms with Crippen LogP contribution >= 0.6 is 0 Å². The number of aliphatic hydroxyl groups excluding tert-OH is 4. The molecule has 12 nitrogen and oxygen atoms in total. The molecule has 196 valence electrons. The number of ether oxygens (including phenoxy) is 4. The van der Waals surface area contributed by atoms with Gasteiger partial charge in [-0.05, 0) is 0 Å². The molecule has 0 aliphatic carbocycles. The van der Waals surface area contributed by atoms with E-state index < -0.39 is 80.1 Å². The van der Waals surface area contributed by atoms with Gasteiger partial charge in [-0.1, -0.05) is 0 Å². The molecule has 1 aromatic heterocycles. The van der Waals surface area contributed by atoms with Crippen molar-refractivity contribution in [3.8, 4) is 45.8 Å². The summed E-state index contributed by atoms with van der Waals surface area (Å²) in [5.74, 6) is -4.16. The first kappa shape index (κ1) is 19.9. The maximum atomic E-state index is 10.5. The highest BCUT2D eigenvalue weighted by Gasteiger charge is 2.45. The van der Waals surface area contributed by atoms with Gasteiger partial charge in [0.2, 0.25) is 17.8 Å². The molecule has 13 heteroatoms. The van der Waals surface area contributed by atoms with Gasteiger partial charge in [0.25, 0.3) is 0 Å². The fourth-order valence-electron chi connectivity index (χ4n) is 3.63. The Hall–Kier alpha value is -3.26. The Morgan fingerprint density at radius 3 is 2.19 bits per heavy atom. The van der Waals surface area contributed by atoms with E-state index >= 15 is 0 Å². The number of phenolic OH excluding ortho intramolecular Hbond substituents is 3. The first-order valence-corrected chi connectivity index (χ1v) is 10.0. The van der Waals surface area contributed by atoms with E-state index in [-0.39, 0.29) is 40.4 Å². The van der Waals surface area contributed by atoms with Gasteiger partial charge < -0.3 is 67.1 Å². The first-order chi connectivity index (χ1) is 19.0. The van der Waals surface area contributed by atoms with Gasteiger partial charge in [0.1, 0.15) is 41.3 Å². The van der Waals surface area contributed by atoms with Crippen molar-refractivity contribution >= 4 is 11.0 Å². The van der Waals surface area contributed by atoms with E-state index in [9.17, 15) is 35.7 Å². The number of hydrogen-bond donors (Lipinski definition) is 7. The van der Waals surface area contributed by atoms with Crippen LogP contribution in [0.4, 0.5) is 0 Å². The minimum Gasteiger partial charge on any atom is -1.00 e. The summed E-state index contributed by atoms with van der Waals surface area (Å²) in [7, 11) is -6.22. The molecule has 4 rings (SSSR count). The SMILES string of the molecule is [2H]C([2H])([2H])Oc1cc(-c2[o+]c3cc(O)cc(O)c3cc2O[C@@H]2O[C@H](CO)[C@@H](O)[C@H](O)[C@H]2O)cc(OC([2H])([2H])[2H])c1O.[Cl-]. The van der Waals surface area contributed by atoms with Crippen LogP contribution in [0.1, 0.15) is 8.22 Å². The smallest absolute Gasteiger partial charge is 0.402 e. The molecule has 1 aliphatic rings. The molecule has 0 radical (unpaired) electrons. The van der Waals surface area contributed by atoms with Crippen molar-refractivity contribution < 1.29 is 79.7 Å². The molecule has 1 saturated heterocycles. The second kappa shape index (κ2) is 10.8. The zero-order valence-corrected chi connectivity index (χ0v) is 18.8. The van der Waals surface area contributed by atoms with E-state index in [2.05, 4.69) is 0 Å². The Balaban J connectivity index is 0.00000484. The van der Waals surface area contributed by atoms with Crippen LogP contribution in [0.15, 0.2) is 34.7 Å². The molecule has 5 atom stereocenters. The van der Waals surface area contributed by atoms with Crippen LogP contribution in [-0.2, 0) is 4.74 Å². The molecule has 0 unspecified atom stereocenters. The summed E-state index contributed by atoms with van der Waals surface area (Å²) >= 11 is 0. The fourth-order valence-corrected chi connectivity index (χ4v) is 3.63. The fraction of sp³-hybridized carbons (Fsp3) is 0.348. The third-order valence-electron chi connectivity index (χ3n) is 5.43. The lowest BCUT2D eigenvalue weighted by Crippen LogP contribution is -3.00. The standard InChI is InChI=1S/C23H24O12.ClH/c1-31-14-3-9(4-15(32-2)18(14)27)22-16(7-11-12(26)5-10(25)6-13(11)33-22)34-23-21(30)20(29)19(28)17(8-24)35-23;/h3-7,17,19-21,23-24,28-30H,8H2,1-2H3,(H2-,25,26,27);1H/t17-,19-,20+,21-,23-;/m1./s1/i1D3,2D3;. The summed E-state index contributed by atoms with van der Waals surface area (Å²) in [5, 5.41) is 71.0. The average molecular weight is 535 g/mol. The summed E-state index contributed by atoms with van der Waals surface area (Å²) < 4.78 is 70.9. The summed E-state index contributed by atoms with van der Waals surface area (Å²) in [6.45, 7) is -0.774. The van der Waals surface area contributed by atoms with Gasteiger partial charge in [-0.15, -0.1) is 0 Å². The number of halogens is 1. The molecule has 0 saturated carbocycles. The van der Waals surface area contributed by atoms with Crippen molar-refractivity contribution in [1.82, 2.24) is 0 Å². The van der Waals surface area contributed by atoms with E-state index in [0.717, 1.165) is 30.3 Å². The topological polar surface area (TPSA) is 190 Å². The highest BCUT2D eigenvalue weighted by molar-refractivity contribution is 5.88. The van der Waals surface area contributed by atoms with E-state index in [1.165, 1.54) is 0 Å². The summed E-state index contributed by atoms with van der Waals surface area (Å²) in [4.78, 5) is 0. The number of methoxy groups -OCH3 is 2. The highest BCUT2D eigenvalue weighted by Crippen LogP contribution is 2.45. The molecule has 36 heavy (non-hydrogen) atoms. The van der Waals surface area contributed by atoms with Crippen molar-refractivity contribution in [2.45, 2.75) is 30.7 Å². The van der Waals surface area contributed by atoms with Gasteiger partial charge in [0.15, 0.2) is 11.5 Å². The van der Waals surface area contributed by atoms with Crippen LogP contribution < -0.4 is 26.6 Å². The van der Waals surface area contributed by atoms with E-state index in [1.807, 2.05) is 0 Å². The molecule has 2 aromatic carbocycles. The van der Waals surface area contributed by atoms with Crippen molar-refractivity contribution in [1.29, 1.82) is 0 Å². The Kier molecular flexibility index (Phi) is 5.95. The Morgan fingerprint density at radius 1 is 0.917 bits per heavy atom. The molecule has 0 amide bonds. The van der Waals surface area contributed by atoms with Gasteiger partial charge in [-0.3, -0.25) is 0 Å². The minimum absolute atomic E-state index is 0. The van der Waals surface area contributed by atoms with Gasteiger partial charge in [-0.25, -0.2) is 4.42 Å². The highest BCUT2D eigenvalue weighted by atomic mass is 35.5. The Morgan fingerprint density at radius 2 is 1.58 bits per heavy atom. The summed E-state index contributed by atoms with van der Waals surface area (Å²) in [5.41, 5.74) is -0.395. The average Bonchev–Trinajstić information content (AvgIpc) is 2.85. The molecule has 0 spiro atoms. The largest absolute Gasteiger partial charge is 1.00 e. The van der Waals surface area contributed by atoms with Crippen LogP contribution in [-0.4, -0.2) is 87.1 Å². The molecule has 7 N–H and O–H groups in total. The number of phenols is 3. The van der Waals surface area contributed by atoms with Crippen LogP contribution in [0.5, 0.6) is 34.5 Å². The van der Waals surface area contributed by atoms with Crippen molar-refractivity contribution in [3.63, 3.8) is 0 Å². The number of aliphatic hydroxyl groups is 4. The molecular formula is C23H25ClO12. The zero-order chi connectivity index (χ0) is 30.4. The quantitative estimate of drug-likeness (QED) is 0.168. The summed E-state index contributed by atoms with van der Waals surface area (Å²) in [6.07, 6.45) is -8.54. The van der Waals surface area contributed by atoms with E-state index in [0.29, 0.717) is 0 Å².